The van der Waals surface area contributed by atoms with Crippen LogP contribution in [0.25, 0.3) is 21.9 Å². The zero-order valence-electron chi connectivity index (χ0n) is 13.1. The highest BCUT2D eigenvalue weighted by Gasteiger charge is 2.20. The molecule has 1 aromatic carbocycles. The summed E-state index contributed by atoms with van der Waals surface area (Å²) in [5, 5.41) is 1.56. The fourth-order valence-electron chi connectivity index (χ4n) is 2.56. The molecule has 0 radical (unpaired) electrons. The van der Waals surface area contributed by atoms with Gasteiger partial charge in [0.25, 0.3) is 0 Å². The summed E-state index contributed by atoms with van der Waals surface area (Å²) < 4.78 is 16.0. The van der Waals surface area contributed by atoms with E-state index in [-0.39, 0.29) is 11.3 Å². The Kier molecular flexibility index (Phi) is 3.78. The highest BCUT2D eigenvalue weighted by Crippen LogP contribution is 2.38. The molecule has 0 amide bonds. The topological polar surface area (TPSA) is 69.7 Å². The molecule has 0 N–H and O–H groups in total. The molecule has 0 aliphatic carbocycles. The second kappa shape index (κ2) is 5.76. The molecule has 2 aromatic heterocycles. The molecule has 0 spiro atoms. The Morgan fingerprint density at radius 1 is 1.13 bits per heavy atom. The van der Waals surface area contributed by atoms with E-state index in [2.05, 4.69) is 6.08 Å². The number of rotatable bonds is 3. The minimum Gasteiger partial charge on any atom is -0.460 e. The Morgan fingerprint density at radius 3 is 2.57 bits per heavy atom. The van der Waals surface area contributed by atoms with Crippen LogP contribution in [-0.4, -0.2) is 5.97 Å². The van der Waals surface area contributed by atoms with Gasteiger partial charge in [-0.15, -0.1) is 0 Å². The summed E-state index contributed by atoms with van der Waals surface area (Å²) in [6, 6.07) is 4.87. The zero-order valence-corrected chi connectivity index (χ0v) is 13.1. The fraction of sp³-hybridized carbons (Fsp3) is 0.222. The normalized spacial score (nSPS) is 10.9. The van der Waals surface area contributed by atoms with Crippen LogP contribution in [-0.2, 0) is 11.2 Å². The van der Waals surface area contributed by atoms with Crippen LogP contribution in [0, 0.1) is 0 Å². The Labute approximate surface area is 132 Å². The van der Waals surface area contributed by atoms with Gasteiger partial charge < -0.3 is 13.6 Å². The standard InChI is InChI=1S/C18H16O5/c1-10(2)4-5-12-13-6-7-15(20)23-17(13)18(22-11(3)19)16-14(12)8-9-21-16/h4,6-9H,5H2,1-3H3. The predicted molar refractivity (Wildman–Crippen MR) is 86.7 cm³/mol. The van der Waals surface area contributed by atoms with Crippen molar-refractivity contribution >= 4 is 27.9 Å². The largest absolute Gasteiger partial charge is 0.460 e. The summed E-state index contributed by atoms with van der Waals surface area (Å²) in [7, 11) is 0. The number of esters is 1. The molecule has 3 aromatic rings. The van der Waals surface area contributed by atoms with E-state index in [1.54, 1.807) is 6.07 Å². The summed E-state index contributed by atoms with van der Waals surface area (Å²) in [6.45, 7) is 5.32. The molecule has 118 valence electrons. The number of hydrogen-bond acceptors (Lipinski definition) is 5. The van der Waals surface area contributed by atoms with Crippen molar-refractivity contribution in [1.29, 1.82) is 0 Å². The number of benzene rings is 1. The third-order valence-corrected chi connectivity index (χ3v) is 3.52. The van der Waals surface area contributed by atoms with Gasteiger partial charge in [0, 0.05) is 23.8 Å². The van der Waals surface area contributed by atoms with Gasteiger partial charge in [-0.05, 0) is 38.0 Å². The Bertz CT molecular complexity index is 984. The van der Waals surface area contributed by atoms with Crippen molar-refractivity contribution in [2.75, 3.05) is 0 Å². The molecule has 3 rings (SSSR count). The number of hydrogen-bond donors (Lipinski definition) is 0. The van der Waals surface area contributed by atoms with Gasteiger partial charge >= 0.3 is 11.6 Å². The summed E-state index contributed by atoms with van der Waals surface area (Å²) in [4.78, 5) is 23.0. The number of furan rings is 1. The van der Waals surface area contributed by atoms with Gasteiger partial charge in [0.15, 0.2) is 11.2 Å². The summed E-state index contributed by atoms with van der Waals surface area (Å²) in [5.41, 5.74) is 2.26. The van der Waals surface area contributed by atoms with Gasteiger partial charge in [-0.1, -0.05) is 11.6 Å². The minimum atomic E-state index is -0.509. The summed E-state index contributed by atoms with van der Waals surface area (Å²) in [6.07, 6.45) is 4.27. The smallest absolute Gasteiger partial charge is 0.336 e. The first kappa shape index (κ1) is 15.1. The number of fused-ring (bicyclic) bond motifs is 2. The van der Waals surface area contributed by atoms with Crippen LogP contribution < -0.4 is 10.4 Å². The van der Waals surface area contributed by atoms with Crippen molar-refractivity contribution in [3.8, 4) is 5.75 Å². The molecule has 2 heterocycles. The van der Waals surface area contributed by atoms with Gasteiger partial charge in [0.05, 0.1) is 6.26 Å². The van der Waals surface area contributed by atoms with E-state index in [4.69, 9.17) is 13.6 Å². The van der Waals surface area contributed by atoms with Crippen LogP contribution >= 0.6 is 0 Å². The SMILES string of the molecule is CC(=O)Oc1c2occc2c(CC=C(C)C)c2ccc(=O)oc12. The highest BCUT2D eigenvalue weighted by atomic mass is 16.5. The molecular weight excluding hydrogens is 296 g/mol. The zero-order chi connectivity index (χ0) is 16.6. The van der Waals surface area contributed by atoms with E-state index < -0.39 is 11.6 Å². The third kappa shape index (κ3) is 2.77. The van der Waals surface area contributed by atoms with E-state index in [9.17, 15) is 9.59 Å². The van der Waals surface area contributed by atoms with E-state index >= 15 is 0 Å². The quantitative estimate of drug-likeness (QED) is 0.317. The lowest BCUT2D eigenvalue weighted by molar-refractivity contribution is -0.131. The van der Waals surface area contributed by atoms with E-state index in [0.29, 0.717) is 12.0 Å². The van der Waals surface area contributed by atoms with Gasteiger partial charge in [-0.3, -0.25) is 4.79 Å². The minimum absolute atomic E-state index is 0.145. The molecule has 5 nitrogen and oxygen atoms in total. The molecule has 0 saturated heterocycles. The molecule has 23 heavy (non-hydrogen) atoms. The molecule has 0 unspecified atom stereocenters. The molecule has 0 aliphatic heterocycles. The predicted octanol–water partition coefficient (Wildman–Crippen LogP) is 3.97. The van der Waals surface area contributed by atoms with Crippen LogP contribution in [0.2, 0.25) is 0 Å². The van der Waals surface area contributed by atoms with Crippen LogP contribution in [0.15, 0.2) is 49.7 Å². The molecule has 0 fully saturated rings. The molecule has 5 heteroatoms. The average molecular weight is 312 g/mol. The maximum Gasteiger partial charge on any atom is 0.336 e. The van der Waals surface area contributed by atoms with Crippen molar-refractivity contribution in [1.82, 2.24) is 0 Å². The van der Waals surface area contributed by atoms with Crippen molar-refractivity contribution in [3.05, 3.63) is 52.1 Å². The first-order valence-corrected chi connectivity index (χ1v) is 7.25. The first-order chi connectivity index (χ1) is 11.0. The van der Waals surface area contributed by atoms with Crippen molar-refractivity contribution in [2.24, 2.45) is 0 Å². The second-order valence-electron chi connectivity index (χ2n) is 5.55. The van der Waals surface area contributed by atoms with Gasteiger partial charge in [-0.25, -0.2) is 4.79 Å². The molecule has 0 atom stereocenters. The van der Waals surface area contributed by atoms with Gasteiger partial charge in [-0.2, -0.15) is 0 Å². The Balaban J connectivity index is 2.42. The maximum absolute atomic E-state index is 11.6. The van der Waals surface area contributed by atoms with Crippen LogP contribution in [0.3, 0.4) is 0 Å². The summed E-state index contributed by atoms with van der Waals surface area (Å²) >= 11 is 0. The molecular formula is C18H16O5. The number of carbonyl (C=O) groups is 1. The van der Waals surface area contributed by atoms with Crippen LogP contribution in [0.4, 0.5) is 0 Å². The second-order valence-corrected chi connectivity index (χ2v) is 5.55. The third-order valence-electron chi connectivity index (χ3n) is 3.52. The summed E-state index contributed by atoms with van der Waals surface area (Å²) in [5.74, 6) is -0.362. The first-order valence-electron chi connectivity index (χ1n) is 7.25. The highest BCUT2D eigenvalue weighted by molar-refractivity contribution is 6.05. The van der Waals surface area contributed by atoms with E-state index in [0.717, 1.165) is 16.3 Å². The lowest BCUT2D eigenvalue weighted by Gasteiger charge is -2.10. The fourth-order valence-corrected chi connectivity index (χ4v) is 2.56. The number of allylic oxidation sites excluding steroid dienone is 2. The number of ether oxygens (including phenoxy) is 1. The average Bonchev–Trinajstić information content (AvgIpc) is 2.95. The monoisotopic (exact) mass is 312 g/mol. The lowest BCUT2D eigenvalue weighted by Crippen LogP contribution is -2.05. The van der Waals surface area contributed by atoms with Crippen LogP contribution in [0.1, 0.15) is 26.3 Å². The van der Waals surface area contributed by atoms with E-state index in [1.165, 1.54) is 24.8 Å². The van der Waals surface area contributed by atoms with E-state index in [1.807, 2.05) is 19.9 Å². The van der Waals surface area contributed by atoms with Gasteiger partial charge in [0.1, 0.15) is 0 Å². The van der Waals surface area contributed by atoms with Crippen molar-refractivity contribution in [3.63, 3.8) is 0 Å². The molecule has 0 aliphatic rings. The Morgan fingerprint density at radius 2 is 1.87 bits per heavy atom. The molecule has 0 bridgehead atoms. The van der Waals surface area contributed by atoms with Crippen LogP contribution in [0.5, 0.6) is 5.75 Å². The van der Waals surface area contributed by atoms with Crippen molar-refractivity contribution < 1.29 is 18.4 Å². The maximum atomic E-state index is 11.6. The number of carbonyl (C=O) groups excluding carboxylic acids is 1. The lowest BCUT2D eigenvalue weighted by atomic mass is 10.00. The Hall–Kier alpha value is -2.82. The molecule has 0 saturated carbocycles. The van der Waals surface area contributed by atoms with Crippen molar-refractivity contribution in [2.45, 2.75) is 27.2 Å². The van der Waals surface area contributed by atoms with Gasteiger partial charge in [0.2, 0.25) is 5.75 Å².